The number of aromatic nitrogens is 5. The summed E-state index contributed by atoms with van der Waals surface area (Å²) in [7, 11) is 0. The summed E-state index contributed by atoms with van der Waals surface area (Å²) < 4.78 is 7.26. The van der Waals surface area contributed by atoms with Gasteiger partial charge in [-0.2, -0.15) is 10.1 Å². The Morgan fingerprint density at radius 2 is 2.04 bits per heavy atom. The van der Waals surface area contributed by atoms with Crippen LogP contribution in [0.15, 0.2) is 59.7 Å². The first-order valence-electron chi connectivity index (χ1n) is 8.99. The maximum Gasteiger partial charge on any atom is 0.263 e. The van der Waals surface area contributed by atoms with E-state index in [0.29, 0.717) is 29.4 Å². The fourth-order valence-electron chi connectivity index (χ4n) is 2.81. The molecule has 0 aliphatic carbocycles. The van der Waals surface area contributed by atoms with Crippen molar-refractivity contribution in [2.45, 2.75) is 26.5 Å². The van der Waals surface area contributed by atoms with Gasteiger partial charge in [0.05, 0.1) is 18.0 Å². The zero-order valence-electron chi connectivity index (χ0n) is 15.6. The molecule has 0 atom stereocenters. The number of pyridine rings is 1. The molecule has 142 valence electrons. The first-order valence-corrected chi connectivity index (χ1v) is 8.99. The molecule has 1 aromatic carbocycles. The van der Waals surface area contributed by atoms with Gasteiger partial charge in [0.2, 0.25) is 11.8 Å². The molecule has 0 spiro atoms. The number of rotatable bonds is 6. The van der Waals surface area contributed by atoms with E-state index >= 15 is 0 Å². The van der Waals surface area contributed by atoms with Crippen LogP contribution in [0.5, 0.6) is 5.88 Å². The Morgan fingerprint density at radius 3 is 2.82 bits per heavy atom. The normalized spacial score (nSPS) is 11.1. The van der Waals surface area contributed by atoms with Gasteiger partial charge in [0.15, 0.2) is 5.65 Å². The highest BCUT2D eigenvalue weighted by Gasteiger charge is 2.11. The van der Waals surface area contributed by atoms with Gasteiger partial charge >= 0.3 is 0 Å². The number of fused-ring (bicyclic) bond motifs is 1. The molecule has 0 aliphatic heterocycles. The van der Waals surface area contributed by atoms with Gasteiger partial charge < -0.3 is 10.1 Å². The fraction of sp³-hybridized carbons (Fsp3) is 0.200. The summed E-state index contributed by atoms with van der Waals surface area (Å²) in [6, 6.07) is 13.3. The van der Waals surface area contributed by atoms with Crippen LogP contribution in [0, 0.1) is 0 Å². The lowest BCUT2D eigenvalue weighted by Gasteiger charge is -2.10. The third-order valence-electron chi connectivity index (χ3n) is 4.05. The number of ether oxygens (including phenoxy) is 1. The maximum atomic E-state index is 12.4. The molecule has 3 aromatic heterocycles. The van der Waals surface area contributed by atoms with E-state index in [-0.39, 0.29) is 11.7 Å². The van der Waals surface area contributed by atoms with E-state index in [2.05, 4.69) is 25.4 Å². The van der Waals surface area contributed by atoms with Gasteiger partial charge in [-0.05, 0) is 37.6 Å². The van der Waals surface area contributed by atoms with E-state index in [0.717, 1.165) is 11.3 Å². The molecule has 0 radical (unpaired) electrons. The molecule has 2 N–H and O–H groups in total. The average Bonchev–Trinajstić information content (AvgIpc) is 3.11. The molecule has 0 saturated heterocycles. The molecule has 8 nitrogen and oxygen atoms in total. The molecule has 0 aliphatic rings. The number of anilines is 1. The lowest BCUT2D eigenvalue weighted by Crippen LogP contribution is -2.14. The SMILES string of the molecule is CC(C)Oc1cc(CNc2nc3c(cnn3-c3ccccc3)c(=O)[nH]2)ccn1. The second kappa shape index (κ2) is 7.51. The summed E-state index contributed by atoms with van der Waals surface area (Å²) >= 11 is 0. The zero-order chi connectivity index (χ0) is 19.5. The van der Waals surface area contributed by atoms with Crippen molar-refractivity contribution in [1.82, 2.24) is 24.7 Å². The minimum atomic E-state index is -0.242. The van der Waals surface area contributed by atoms with Gasteiger partial charge in [-0.15, -0.1) is 0 Å². The molecule has 4 aromatic rings. The Balaban J connectivity index is 1.60. The molecule has 4 rings (SSSR count). The van der Waals surface area contributed by atoms with Crippen molar-refractivity contribution in [2.75, 3.05) is 5.32 Å². The van der Waals surface area contributed by atoms with Crippen molar-refractivity contribution in [3.8, 4) is 11.6 Å². The Kier molecular flexibility index (Phi) is 4.76. The van der Waals surface area contributed by atoms with E-state index in [1.165, 1.54) is 6.20 Å². The molecule has 8 heteroatoms. The summed E-state index contributed by atoms with van der Waals surface area (Å²) in [6.07, 6.45) is 3.27. The molecule has 0 unspecified atom stereocenters. The number of benzene rings is 1. The zero-order valence-corrected chi connectivity index (χ0v) is 15.6. The average molecular weight is 376 g/mol. The predicted molar refractivity (Wildman–Crippen MR) is 107 cm³/mol. The lowest BCUT2D eigenvalue weighted by molar-refractivity contribution is 0.232. The largest absolute Gasteiger partial charge is 0.475 e. The van der Waals surface area contributed by atoms with E-state index in [1.54, 1.807) is 10.9 Å². The van der Waals surface area contributed by atoms with E-state index in [1.807, 2.05) is 56.3 Å². The predicted octanol–water partition coefficient (Wildman–Crippen LogP) is 2.90. The van der Waals surface area contributed by atoms with Crippen molar-refractivity contribution in [1.29, 1.82) is 0 Å². The van der Waals surface area contributed by atoms with Gasteiger partial charge in [-0.3, -0.25) is 9.78 Å². The standard InChI is InChI=1S/C20H20N6O2/c1-13(2)28-17-10-14(8-9-21-17)11-22-20-24-18-16(19(27)25-20)12-23-26(18)15-6-4-3-5-7-15/h3-10,12-13H,11H2,1-2H3,(H2,22,24,25,27). The summed E-state index contributed by atoms with van der Waals surface area (Å²) in [5.41, 5.74) is 2.06. The van der Waals surface area contributed by atoms with Crippen LogP contribution in [0.25, 0.3) is 16.7 Å². The number of para-hydroxylation sites is 1. The van der Waals surface area contributed by atoms with Crippen LogP contribution in [-0.4, -0.2) is 30.8 Å². The third kappa shape index (κ3) is 3.71. The van der Waals surface area contributed by atoms with E-state index in [9.17, 15) is 4.79 Å². The third-order valence-corrected chi connectivity index (χ3v) is 4.05. The van der Waals surface area contributed by atoms with Crippen LogP contribution in [0.3, 0.4) is 0 Å². The first-order chi connectivity index (χ1) is 13.6. The number of nitrogens with one attached hydrogen (secondary N) is 2. The van der Waals surface area contributed by atoms with Crippen molar-refractivity contribution in [3.63, 3.8) is 0 Å². The molecular formula is C20H20N6O2. The number of H-pyrrole nitrogens is 1. The van der Waals surface area contributed by atoms with Crippen LogP contribution >= 0.6 is 0 Å². The molecule has 0 bridgehead atoms. The highest BCUT2D eigenvalue weighted by molar-refractivity contribution is 5.76. The second-order valence-electron chi connectivity index (χ2n) is 6.57. The Bertz CT molecular complexity index is 1150. The molecule has 3 heterocycles. The summed E-state index contributed by atoms with van der Waals surface area (Å²) in [5.74, 6) is 0.937. The number of aromatic amines is 1. The second-order valence-corrected chi connectivity index (χ2v) is 6.57. The summed E-state index contributed by atoms with van der Waals surface area (Å²) in [4.78, 5) is 23.9. The molecule has 28 heavy (non-hydrogen) atoms. The highest BCUT2D eigenvalue weighted by Crippen LogP contribution is 2.16. The lowest BCUT2D eigenvalue weighted by atomic mass is 10.2. The van der Waals surface area contributed by atoms with Crippen molar-refractivity contribution in [3.05, 3.63) is 70.8 Å². The smallest absolute Gasteiger partial charge is 0.263 e. The monoisotopic (exact) mass is 376 g/mol. The van der Waals surface area contributed by atoms with Gasteiger partial charge in [0.25, 0.3) is 5.56 Å². The highest BCUT2D eigenvalue weighted by atomic mass is 16.5. The van der Waals surface area contributed by atoms with Crippen LogP contribution in [0.2, 0.25) is 0 Å². The minimum Gasteiger partial charge on any atom is -0.475 e. The van der Waals surface area contributed by atoms with Gasteiger partial charge in [-0.1, -0.05) is 18.2 Å². The van der Waals surface area contributed by atoms with Crippen molar-refractivity contribution < 1.29 is 4.74 Å². The molecular weight excluding hydrogens is 356 g/mol. The van der Waals surface area contributed by atoms with Crippen LogP contribution < -0.4 is 15.6 Å². The van der Waals surface area contributed by atoms with Gasteiger partial charge in [-0.25, -0.2) is 9.67 Å². The quantitative estimate of drug-likeness (QED) is 0.537. The van der Waals surface area contributed by atoms with Gasteiger partial charge in [0, 0.05) is 18.8 Å². The van der Waals surface area contributed by atoms with E-state index < -0.39 is 0 Å². The van der Waals surface area contributed by atoms with Crippen molar-refractivity contribution in [2.24, 2.45) is 0 Å². The van der Waals surface area contributed by atoms with Gasteiger partial charge in [0.1, 0.15) is 5.39 Å². The summed E-state index contributed by atoms with van der Waals surface area (Å²) in [5, 5.41) is 7.89. The first kappa shape index (κ1) is 17.7. The Labute approximate surface area is 161 Å². The molecule has 0 saturated carbocycles. The van der Waals surface area contributed by atoms with Crippen LogP contribution in [0.4, 0.5) is 5.95 Å². The number of hydrogen-bond acceptors (Lipinski definition) is 6. The Hall–Kier alpha value is -3.68. The van der Waals surface area contributed by atoms with Crippen molar-refractivity contribution >= 4 is 17.0 Å². The Morgan fingerprint density at radius 1 is 1.21 bits per heavy atom. The van der Waals surface area contributed by atoms with E-state index in [4.69, 9.17) is 4.74 Å². The number of hydrogen-bond donors (Lipinski definition) is 2. The van der Waals surface area contributed by atoms with Crippen LogP contribution in [-0.2, 0) is 6.54 Å². The minimum absolute atomic E-state index is 0.0504. The maximum absolute atomic E-state index is 12.4. The molecule has 0 fully saturated rings. The van der Waals surface area contributed by atoms with Crippen LogP contribution in [0.1, 0.15) is 19.4 Å². The summed E-state index contributed by atoms with van der Waals surface area (Å²) in [6.45, 7) is 4.36. The fourth-order valence-corrected chi connectivity index (χ4v) is 2.81. The molecule has 0 amide bonds. The topological polar surface area (TPSA) is 97.7 Å². The number of nitrogens with zero attached hydrogens (tertiary/aromatic N) is 4.